The topological polar surface area (TPSA) is 41.1 Å². The van der Waals surface area contributed by atoms with Crippen molar-refractivity contribution in [3.8, 4) is 0 Å². The number of carbonyl (C=O) groups excluding carboxylic acids is 1. The predicted octanol–water partition coefficient (Wildman–Crippen LogP) is 2.84. The van der Waals surface area contributed by atoms with Crippen LogP contribution in [0.2, 0.25) is 5.02 Å². The molecule has 0 aromatic heterocycles. The van der Waals surface area contributed by atoms with Gasteiger partial charge in [-0.05, 0) is 18.2 Å². The number of nitrogens with one attached hydrogen (secondary N) is 2. The summed E-state index contributed by atoms with van der Waals surface area (Å²) in [7, 11) is 0. The molecule has 1 aromatic carbocycles. The largest absolute Gasteiger partial charge is 0.325 e. The number of anilines is 1. The van der Waals surface area contributed by atoms with Gasteiger partial charge in [0, 0.05) is 12.1 Å². The molecule has 2 N–H and O–H groups in total. The van der Waals surface area contributed by atoms with Gasteiger partial charge in [-0.2, -0.15) is 0 Å². The fourth-order valence-electron chi connectivity index (χ4n) is 1.70. The van der Waals surface area contributed by atoms with Crippen molar-refractivity contribution in [1.82, 2.24) is 5.32 Å². The second kappa shape index (κ2) is 5.98. The van der Waals surface area contributed by atoms with Gasteiger partial charge in [-0.15, -0.1) is 12.4 Å². The van der Waals surface area contributed by atoms with Gasteiger partial charge in [0.2, 0.25) is 5.91 Å². The van der Waals surface area contributed by atoms with Gasteiger partial charge in [-0.1, -0.05) is 11.6 Å². The van der Waals surface area contributed by atoms with Crippen molar-refractivity contribution in [2.45, 2.75) is 18.4 Å². The Morgan fingerprint density at radius 1 is 1.47 bits per heavy atom. The van der Waals surface area contributed by atoms with E-state index in [0.29, 0.717) is 0 Å². The van der Waals surface area contributed by atoms with Crippen molar-refractivity contribution in [2.24, 2.45) is 0 Å². The van der Waals surface area contributed by atoms with Crippen LogP contribution in [0.3, 0.4) is 0 Å². The van der Waals surface area contributed by atoms with Crippen LogP contribution in [0.4, 0.5) is 18.9 Å². The summed E-state index contributed by atoms with van der Waals surface area (Å²) >= 11 is 5.54. The molecule has 1 saturated heterocycles. The summed E-state index contributed by atoms with van der Waals surface area (Å²) in [6.07, 6.45) is -0.548. The van der Waals surface area contributed by atoms with Crippen LogP contribution in [-0.4, -0.2) is 24.4 Å². The maximum absolute atomic E-state index is 12.9. The molecule has 2 rings (SSSR count). The number of carbonyl (C=O) groups is 1. The average molecular weight is 315 g/mol. The molecule has 106 valence electrons. The van der Waals surface area contributed by atoms with Gasteiger partial charge < -0.3 is 5.32 Å². The fraction of sp³-hybridized carbons (Fsp3) is 0.364. The molecule has 1 aliphatic heterocycles. The first-order valence-electron chi connectivity index (χ1n) is 5.24. The summed E-state index contributed by atoms with van der Waals surface area (Å²) in [6, 6.07) is 2.67. The number of benzene rings is 1. The molecule has 19 heavy (non-hydrogen) atoms. The lowest BCUT2D eigenvalue weighted by molar-refractivity contribution is -0.118. The van der Waals surface area contributed by atoms with Crippen molar-refractivity contribution < 1.29 is 18.0 Å². The third-order valence-electron chi connectivity index (χ3n) is 2.61. The third-order valence-corrected chi connectivity index (χ3v) is 2.90. The zero-order valence-corrected chi connectivity index (χ0v) is 11.1. The van der Waals surface area contributed by atoms with E-state index in [1.807, 2.05) is 0 Å². The van der Waals surface area contributed by atoms with Gasteiger partial charge >= 0.3 is 0 Å². The first-order valence-corrected chi connectivity index (χ1v) is 5.62. The van der Waals surface area contributed by atoms with Crippen LogP contribution >= 0.6 is 24.0 Å². The molecule has 1 aromatic rings. The van der Waals surface area contributed by atoms with Gasteiger partial charge in [0.1, 0.15) is 5.82 Å². The maximum atomic E-state index is 12.9. The molecule has 1 fully saturated rings. The van der Waals surface area contributed by atoms with Gasteiger partial charge in [-0.3, -0.25) is 10.1 Å². The Kier molecular flexibility index (Phi) is 5.06. The SMILES string of the molecule is Cl.O=C(Nc1ccc(F)c(Cl)c1)C1CC(F)(F)CN1. The molecular weight excluding hydrogens is 304 g/mol. The minimum Gasteiger partial charge on any atom is -0.325 e. The molecule has 1 aliphatic rings. The lowest BCUT2D eigenvalue weighted by Gasteiger charge is -2.11. The Hall–Kier alpha value is -0.980. The molecule has 1 amide bonds. The number of alkyl halides is 2. The summed E-state index contributed by atoms with van der Waals surface area (Å²) in [5.74, 6) is -4.07. The lowest BCUT2D eigenvalue weighted by atomic mass is 10.2. The third kappa shape index (κ3) is 3.99. The van der Waals surface area contributed by atoms with Gasteiger partial charge in [0.25, 0.3) is 5.92 Å². The first kappa shape index (κ1) is 16.1. The summed E-state index contributed by atoms with van der Waals surface area (Å²) < 4.78 is 38.7. The molecule has 0 aliphatic carbocycles. The normalized spacial score (nSPS) is 20.7. The summed E-state index contributed by atoms with van der Waals surface area (Å²) in [5.41, 5.74) is 0.267. The van der Waals surface area contributed by atoms with E-state index in [1.165, 1.54) is 12.1 Å². The van der Waals surface area contributed by atoms with Crippen LogP contribution < -0.4 is 10.6 Å². The fourth-order valence-corrected chi connectivity index (χ4v) is 1.88. The molecule has 8 heteroatoms. The van der Waals surface area contributed by atoms with Crippen LogP contribution in [0.5, 0.6) is 0 Å². The van der Waals surface area contributed by atoms with Crippen LogP contribution in [0, 0.1) is 5.82 Å². The Bertz CT molecular complexity index is 485. The standard InChI is InChI=1S/C11H10ClF3N2O.ClH/c12-7-3-6(1-2-8(7)13)17-10(18)9-4-11(14,15)5-16-9;/h1-3,9,16H,4-5H2,(H,17,18);1H. The molecule has 1 heterocycles. The Balaban J connectivity index is 0.00000180. The second-order valence-electron chi connectivity index (χ2n) is 4.11. The molecule has 1 atom stereocenters. The van der Waals surface area contributed by atoms with Gasteiger partial charge in [0.05, 0.1) is 17.6 Å². The minimum absolute atomic E-state index is 0. The lowest BCUT2D eigenvalue weighted by Crippen LogP contribution is -2.35. The quantitative estimate of drug-likeness (QED) is 0.881. The highest BCUT2D eigenvalue weighted by molar-refractivity contribution is 6.31. The van der Waals surface area contributed by atoms with E-state index in [9.17, 15) is 18.0 Å². The minimum atomic E-state index is -2.87. The van der Waals surface area contributed by atoms with Gasteiger partial charge in [-0.25, -0.2) is 13.2 Å². The van der Waals surface area contributed by atoms with E-state index in [-0.39, 0.29) is 23.1 Å². The van der Waals surface area contributed by atoms with Gasteiger partial charge in [0.15, 0.2) is 0 Å². The van der Waals surface area contributed by atoms with Crippen LogP contribution in [-0.2, 0) is 4.79 Å². The van der Waals surface area contributed by atoms with Crippen molar-refractivity contribution in [2.75, 3.05) is 11.9 Å². The van der Waals surface area contributed by atoms with Crippen LogP contribution in [0.25, 0.3) is 0 Å². The van der Waals surface area contributed by atoms with Crippen molar-refractivity contribution >= 4 is 35.6 Å². The highest BCUT2D eigenvalue weighted by Gasteiger charge is 2.42. The number of hydrogen-bond acceptors (Lipinski definition) is 2. The Morgan fingerprint density at radius 3 is 2.68 bits per heavy atom. The van der Waals surface area contributed by atoms with Crippen molar-refractivity contribution in [1.29, 1.82) is 0 Å². The number of amides is 1. The molecule has 0 radical (unpaired) electrons. The molecule has 1 unspecified atom stereocenters. The van der Waals surface area contributed by atoms with E-state index >= 15 is 0 Å². The monoisotopic (exact) mass is 314 g/mol. The van der Waals surface area contributed by atoms with E-state index in [1.54, 1.807) is 0 Å². The Labute approximate surface area is 118 Å². The van der Waals surface area contributed by atoms with E-state index in [0.717, 1.165) is 6.07 Å². The van der Waals surface area contributed by atoms with Crippen LogP contribution in [0.1, 0.15) is 6.42 Å². The van der Waals surface area contributed by atoms with E-state index < -0.39 is 36.7 Å². The highest BCUT2D eigenvalue weighted by atomic mass is 35.5. The zero-order valence-electron chi connectivity index (χ0n) is 9.55. The van der Waals surface area contributed by atoms with Crippen molar-refractivity contribution in [3.63, 3.8) is 0 Å². The molecule has 0 bridgehead atoms. The number of hydrogen-bond donors (Lipinski definition) is 2. The van der Waals surface area contributed by atoms with E-state index in [2.05, 4.69) is 10.6 Å². The Morgan fingerprint density at radius 2 is 2.16 bits per heavy atom. The van der Waals surface area contributed by atoms with Crippen LogP contribution in [0.15, 0.2) is 18.2 Å². The van der Waals surface area contributed by atoms with Crippen molar-refractivity contribution in [3.05, 3.63) is 29.0 Å². The predicted molar refractivity (Wildman–Crippen MR) is 68.6 cm³/mol. The number of rotatable bonds is 2. The summed E-state index contributed by atoms with van der Waals surface area (Å²) in [4.78, 5) is 11.7. The van der Waals surface area contributed by atoms with E-state index in [4.69, 9.17) is 11.6 Å². The molecule has 0 saturated carbocycles. The first-order chi connectivity index (χ1) is 8.37. The maximum Gasteiger partial charge on any atom is 0.262 e. The molecular formula is C11H11Cl2F3N2O. The molecule has 3 nitrogen and oxygen atoms in total. The zero-order chi connectivity index (χ0) is 13.3. The smallest absolute Gasteiger partial charge is 0.262 e. The second-order valence-corrected chi connectivity index (χ2v) is 4.52. The summed E-state index contributed by atoms with van der Waals surface area (Å²) in [6.45, 7) is -0.519. The number of halogens is 5. The summed E-state index contributed by atoms with van der Waals surface area (Å²) in [5, 5.41) is 4.69. The highest BCUT2D eigenvalue weighted by Crippen LogP contribution is 2.26. The molecule has 0 spiro atoms. The average Bonchev–Trinajstić information content (AvgIpc) is 2.64.